The van der Waals surface area contributed by atoms with Gasteiger partial charge in [0, 0.05) is 17.6 Å². The second kappa shape index (κ2) is 5.12. The standard InChI is InChI=1S/C12H12BrF2NO/c13-8-6-9(14)11(10(15)7-8)12(17)16-4-2-1-3-5-16/h6-7H,1-5H2. The van der Waals surface area contributed by atoms with Crippen molar-refractivity contribution in [1.82, 2.24) is 4.90 Å². The number of halogens is 3. The fourth-order valence-corrected chi connectivity index (χ4v) is 2.40. The first-order valence-electron chi connectivity index (χ1n) is 5.53. The summed E-state index contributed by atoms with van der Waals surface area (Å²) in [5, 5.41) is 0. The Kier molecular flexibility index (Phi) is 3.76. The van der Waals surface area contributed by atoms with Crippen LogP contribution in [-0.2, 0) is 0 Å². The van der Waals surface area contributed by atoms with Crippen LogP contribution >= 0.6 is 15.9 Å². The van der Waals surface area contributed by atoms with Gasteiger partial charge in [0.25, 0.3) is 5.91 Å². The highest BCUT2D eigenvalue weighted by Crippen LogP contribution is 2.22. The maximum Gasteiger partial charge on any atom is 0.259 e. The van der Waals surface area contributed by atoms with E-state index in [0.29, 0.717) is 17.6 Å². The summed E-state index contributed by atoms with van der Waals surface area (Å²) < 4.78 is 27.5. The van der Waals surface area contributed by atoms with Crippen LogP contribution in [0.5, 0.6) is 0 Å². The van der Waals surface area contributed by atoms with E-state index < -0.39 is 23.1 Å². The number of carbonyl (C=O) groups excluding carboxylic acids is 1. The molecule has 0 saturated carbocycles. The minimum Gasteiger partial charge on any atom is -0.338 e. The van der Waals surface area contributed by atoms with Crippen molar-refractivity contribution in [2.75, 3.05) is 13.1 Å². The highest BCUT2D eigenvalue weighted by Gasteiger charge is 2.24. The van der Waals surface area contributed by atoms with Crippen LogP contribution < -0.4 is 0 Å². The minimum atomic E-state index is -0.813. The Bertz CT molecular complexity index is 421. The summed E-state index contributed by atoms with van der Waals surface area (Å²) in [5.74, 6) is -2.17. The molecule has 1 fully saturated rings. The van der Waals surface area contributed by atoms with E-state index in [-0.39, 0.29) is 0 Å². The summed E-state index contributed by atoms with van der Waals surface area (Å²) >= 11 is 2.99. The zero-order valence-electron chi connectivity index (χ0n) is 9.18. The molecule has 0 aliphatic carbocycles. The van der Waals surface area contributed by atoms with Gasteiger partial charge in [0.1, 0.15) is 17.2 Å². The summed E-state index contributed by atoms with van der Waals surface area (Å²) in [6, 6.07) is 2.22. The second-order valence-electron chi connectivity index (χ2n) is 4.10. The number of carbonyl (C=O) groups is 1. The average Bonchev–Trinajstić information content (AvgIpc) is 2.28. The normalized spacial score (nSPS) is 16.1. The molecule has 1 heterocycles. The third-order valence-electron chi connectivity index (χ3n) is 2.86. The summed E-state index contributed by atoms with van der Waals surface area (Å²) in [6.45, 7) is 1.15. The van der Waals surface area contributed by atoms with E-state index in [2.05, 4.69) is 15.9 Å². The molecule has 1 aromatic rings. The summed E-state index contributed by atoms with van der Waals surface area (Å²) in [6.07, 6.45) is 2.85. The molecule has 17 heavy (non-hydrogen) atoms. The lowest BCUT2D eigenvalue weighted by Gasteiger charge is -2.27. The van der Waals surface area contributed by atoms with Crippen LogP contribution in [-0.4, -0.2) is 23.9 Å². The minimum absolute atomic E-state index is 0.294. The van der Waals surface area contributed by atoms with E-state index in [9.17, 15) is 13.6 Å². The number of rotatable bonds is 1. The lowest BCUT2D eigenvalue weighted by atomic mass is 10.1. The fraction of sp³-hybridized carbons (Fsp3) is 0.417. The summed E-state index contributed by atoms with van der Waals surface area (Å²) in [5.41, 5.74) is -0.449. The molecule has 0 unspecified atom stereocenters. The van der Waals surface area contributed by atoms with Crippen molar-refractivity contribution in [2.24, 2.45) is 0 Å². The van der Waals surface area contributed by atoms with E-state index in [4.69, 9.17) is 0 Å². The molecule has 1 aliphatic heterocycles. The van der Waals surface area contributed by atoms with Crippen LogP contribution in [0.3, 0.4) is 0 Å². The Morgan fingerprint density at radius 1 is 1.12 bits per heavy atom. The molecular formula is C12H12BrF2NO. The van der Waals surface area contributed by atoms with Gasteiger partial charge in [-0.25, -0.2) is 8.78 Å². The number of nitrogens with zero attached hydrogens (tertiary/aromatic N) is 1. The van der Waals surface area contributed by atoms with Crippen molar-refractivity contribution < 1.29 is 13.6 Å². The monoisotopic (exact) mass is 303 g/mol. The first kappa shape index (κ1) is 12.5. The molecule has 1 amide bonds. The van der Waals surface area contributed by atoms with E-state index >= 15 is 0 Å². The van der Waals surface area contributed by atoms with Gasteiger partial charge >= 0.3 is 0 Å². The van der Waals surface area contributed by atoms with Crippen molar-refractivity contribution in [2.45, 2.75) is 19.3 Å². The van der Waals surface area contributed by atoms with Crippen LogP contribution in [0.25, 0.3) is 0 Å². The number of piperidine rings is 1. The number of hydrogen-bond acceptors (Lipinski definition) is 1. The van der Waals surface area contributed by atoms with Gasteiger partial charge in [-0.3, -0.25) is 4.79 Å². The number of amides is 1. The number of hydrogen-bond donors (Lipinski definition) is 0. The van der Waals surface area contributed by atoms with Gasteiger partial charge in [0.05, 0.1) is 0 Å². The fourth-order valence-electron chi connectivity index (χ4n) is 2.00. The van der Waals surface area contributed by atoms with Crippen molar-refractivity contribution in [3.8, 4) is 0 Å². The lowest BCUT2D eigenvalue weighted by Crippen LogP contribution is -2.36. The molecule has 0 aromatic heterocycles. The summed E-state index contributed by atoms with van der Waals surface area (Å²) in [7, 11) is 0. The molecule has 0 N–H and O–H groups in total. The van der Waals surface area contributed by atoms with Crippen LogP contribution in [0.2, 0.25) is 0 Å². The van der Waals surface area contributed by atoms with Gasteiger partial charge in [-0.2, -0.15) is 0 Å². The molecule has 92 valence electrons. The first-order chi connectivity index (χ1) is 8.09. The van der Waals surface area contributed by atoms with Crippen LogP contribution in [0, 0.1) is 11.6 Å². The molecule has 1 saturated heterocycles. The quantitative estimate of drug-likeness (QED) is 0.779. The zero-order valence-corrected chi connectivity index (χ0v) is 10.8. The molecule has 0 spiro atoms. The van der Waals surface area contributed by atoms with Crippen LogP contribution in [0.1, 0.15) is 29.6 Å². The van der Waals surface area contributed by atoms with Gasteiger partial charge in [-0.1, -0.05) is 15.9 Å². The maximum atomic E-state index is 13.6. The van der Waals surface area contributed by atoms with E-state index in [0.717, 1.165) is 31.4 Å². The van der Waals surface area contributed by atoms with Crippen molar-refractivity contribution in [1.29, 1.82) is 0 Å². The van der Waals surface area contributed by atoms with E-state index in [1.807, 2.05) is 0 Å². The zero-order chi connectivity index (χ0) is 12.4. The Balaban J connectivity index is 2.30. The van der Waals surface area contributed by atoms with Gasteiger partial charge < -0.3 is 4.90 Å². The Morgan fingerprint density at radius 2 is 1.65 bits per heavy atom. The molecule has 1 aliphatic rings. The highest BCUT2D eigenvalue weighted by molar-refractivity contribution is 9.10. The maximum absolute atomic E-state index is 13.6. The Hall–Kier alpha value is -0.970. The highest BCUT2D eigenvalue weighted by atomic mass is 79.9. The molecule has 0 bridgehead atoms. The first-order valence-corrected chi connectivity index (χ1v) is 6.32. The van der Waals surface area contributed by atoms with E-state index in [1.54, 1.807) is 0 Å². The predicted octanol–water partition coefficient (Wildman–Crippen LogP) is 3.35. The molecule has 0 atom stereocenters. The van der Waals surface area contributed by atoms with E-state index in [1.165, 1.54) is 4.90 Å². The Morgan fingerprint density at radius 3 is 2.18 bits per heavy atom. The molecule has 0 radical (unpaired) electrons. The van der Waals surface area contributed by atoms with Crippen molar-refractivity contribution in [3.05, 3.63) is 33.8 Å². The summed E-state index contributed by atoms with van der Waals surface area (Å²) in [4.78, 5) is 13.5. The number of benzene rings is 1. The lowest BCUT2D eigenvalue weighted by molar-refractivity contribution is 0.0714. The van der Waals surface area contributed by atoms with Crippen molar-refractivity contribution >= 4 is 21.8 Å². The Labute approximate surface area is 107 Å². The van der Waals surface area contributed by atoms with Crippen LogP contribution in [0.15, 0.2) is 16.6 Å². The SMILES string of the molecule is O=C(c1c(F)cc(Br)cc1F)N1CCCCC1. The van der Waals surface area contributed by atoms with Gasteiger partial charge in [0.15, 0.2) is 0 Å². The van der Waals surface area contributed by atoms with Crippen LogP contribution in [0.4, 0.5) is 8.78 Å². The topological polar surface area (TPSA) is 20.3 Å². The second-order valence-corrected chi connectivity index (χ2v) is 5.01. The molecule has 2 rings (SSSR count). The van der Waals surface area contributed by atoms with Gasteiger partial charge in [-0.15, -0.1) is 0 Å². The predicted molar refractivity (Wildman–Crippen MR) is 63.8 cm³/mol. The molecular weight excluding hydrogens is 292 g/mol. The molecule has 2 nitrogen and oxygen atoms in total. The van der Waals surface area contributed by atoms with Gasteiger partial charge in [-0.05, 0) is 31.4 Å². The third kappa shape index (κ3) is 2.65. The van der Waals surface area contributed by atoms with Gasteiger partial charge in [0.2, 0.25) is 0 Å². The largest absolute Gasteiger partial charge is 0.338 e. The average molecular weight is 304 g/mol. The smallest absolute Gasteiger partial charge is 0.259 e. The number of likely N-dealkylation sites (tertiary alicyclic amines) is 1. The molecule has 1 aromatic carbocycles. The third-order valence-corrected chi connectivity index (χ3v) is 3.32. The molecule has 5 heteroatoms. The van der Waals surface area contributed by atoms with Crippen molar-refractivity contribution in [3.63, 3.8) is 0 Å².